The second-order valence-corrected chi connectivity index (χ2v) is 2.80. The second-order valence-electron chi connectivity index (χ2n) is 2.80. The molecule has 1 aliphatic rings. The molecule has 0 saturated carbocycles. The van der Waals surface area contributed by atoms with E-state index < -0.39 is 0 Å². The standard InChI is InChI=1S/C7H15N3/c1-8-9-6-7-4-3-5-10(7)2/h7H,3-6H2,1-2H3. The zero-order valence-electron chi connectivity index (χ0n) is 6.75. The lowest BCUT2D eigenvalue weighted by molar-refractivity contribution is 0.315. The number of likely N-dealkylation sites (tertiary alicyclic amines) is 1. The minimum atomic E-state index is 0.656. The first kappa shape index (κ1) is 7.66. The maximum Gasteiger partial charge on any atom is 0.0754 e. The van der Waals surface area contributed by atoms with Crippen molar-refractivity contribution in [3.63, 3.8) is 0 Å². The Morgan fingerprint density at radius 1 is 1.60 bits per heavy atom. The van der Waals surface area contributed by atoms with Crippen LogP contribution in [0.15, 0.2) is 10.2 Å². The summed E-state index contributed by atoms with van der Waals surface area (Å²) in [7, 11) is 3.89. The van der Waals surface area contributed by atoms with Gasteiger partial charge >= 0.3 is 0 Å². The topological polar surface area (TPSA) is 28.0 Å². The van der Waals surface area contributed by atoms with E-state index in [1.54, 1.807) is 7.05 Å². The Labute approximate surface area is 62.1 Å². The molecule has 0 N–H and O–H groups in total. The lowest BCUT2D eigenvalue weighted by Gasteiger charge is -2.15. The van der Waals surface area contributed by atoms with Gasteiger partial charge in [0.25, 0.3) is 0 Å². The monoisotopic (exact) mass is 141 g/mol. The molecule has 58 valence electrons. The first-order valence-electron chi connectivity index (χ1n) is 3.80. The van der Waals surface area contributed by atoms with Crippen LogP contribution in [0.1, 0.15) is 12.8 Å². The lowest BCUT2D eigenvalue weighted by atomic mass is 10.2. The average Bonchev–Trinajstić information content (AvgIpc) is 2.31. The summed E-state index contributed by atoms with van der Waals surface area (Å²) in [5.74, 6) is 0. The van der Waals surface area contributed by atoms with E-state index in [0.717, 1.165) is 6.54 Å². The van der Waals surface area contributed by atoms with Crippen LogP contribution in [-0.2, 0) is 0 Å². The zero-order valence-corrected chi connectivity index (χ0v) is 6.75. The number of nitrogens with zero attached hydrogens (tertiary/aromatic N) is 3. The molecule has 0 spiro atoms. The highest BCUT2D eigenvalue weighted by Gasteiger charge is 2.19. The van der Waals surface area contributed by atoms with Gasteiger partial charge in [0.1, 0.15) is 0 Å². The molecule has 0 aromatic heterocycles. The van der Waals surface area contributed by atoms with Crippen molar-refractivity contribution in [1.29, 1.82) is 0 Å². The zero-order chi connectivity index (χ0) is 7.40. The van der Waals surface area contributed by atoms with Gasteiger partial charge < -0.3 is 4.90 Å². The van der Waals surface area contributed by atoms with E-state index in [1.165, 1.54) is 19.4 Å². The van der Waals surface area contributed by atoms with Gasteiger partial charge in [0.05, 0.1) is 6.54 Å². The molecule has 0 aromatic rings. The van der Waals surface area contributed by atoms with E-state index in [-0.39, 0.29) is 0 Å². The molecule has 1 rings (SSSR count). The molecule has 0 aliphatic carbocycles. The summed E-state index contributed by atoms with van der Waals surface area (Å²) < 4.78 is 0. The van der Waals surface area contributed by atoms with Gasteiger partial charge in [-0.2, -0.15) is 10.2 Å². The van der Waals surface area contributed by atoms with Crippen molar-refractivity contribution in [2.45, 2.75) is 18.9 Å². The van der Waals surface area contributed by atoms with Gasteiger partial charge in [-0.25, -0.2) is 0 Å². The molecule has 3 heteroatoms. The Balaban J connectivity index is 2.26. The average molecular weight is 141 g/mol. The molecule has 1 unspecified atom stereocenters. The first-order valence-corrected chi connectivity index (χ1v) is 3.80. The summed E-state index contributed by atoms with van der Waals surface area (Å²) >= 11 is 0. The van der Waals surface area contributed by atoms with Crippen molar-refractivity contribution >= 4 is 0 Å². The number of rotatable bonds is 2. The van der Waals surface area contributed by atoms with Crippen molar-refractivity contribution in [1.82, 2.24) is 4.90 Å². The SMILES string of the molecule is CN=NCC1CCCN1C. The van der Waals surface area contributed by atoms with Crippen LogP contribution < -0.4 is 0 Å². The molecule has 1 saturated heterocycles. The Morgan fingerprint density at radius 3 is 2.90 bits per heavy atom. The quantitative estimate of drug-likeness (QED) is 0.530. The number of hydrogen-bond donors (Lipinski definition) is 0. The van der Waals surface area contributed by atoms with Crippen LogP contribution >= 0.6 is 0 Å². The molecule has 10 heavy (non-hydrogen) atoms. The van der Waals surface area contributed by atoms with E-state index in [2.05, 4.69) is 22.2 Å². The summed E-state index contributed by atoms with van der Waals surface area (Å²) in [5, 5.41) is 7.72. The van der Waals surface area contributed by atoms with Crippen LogP contribution in [-0.4, -0.2) is 38.1 Å². The van der Waals surface area contributed by atoms with Gasteiger partial charge in [-0.15, -0.1) is 0 Å². The third kappa shape index (κ3) is 1.77. The van der Waals surface area contributed by atoms with Gasteiger partial charge in [0.15, 0.2) is 0 Å². The van der Waals surface area contributed by atoms with Gasteiger partial charge in [-0.05, 0) is 26.4 Å². The summed E-state index contributed by atoms with van der Waals surface area (Å²) in [4.78, 5) is 2.36. The molecule has 0 bridgehead atoms. The first-order chi connectivity index (χ1) is 4.84. The van der Waals surface area contributed by atoms with Crippen LogP contribution in [0.3, 0.4) is 0 Å². The highest BCUT2D eigenvalue weighted by atomic mass is 15.2. The molecule has 1 fully saturated rings. The Bertz CT molecular complexity index is 122. The smallest absolute Gasteiger partial charge is 0.0754 e. The minimum absolute atomic E-state index is 0.656. The maximum absolute atomic E-state index is 3.99. The molecule has 3 nitrogen and oxygen atoms in total. The highest BCUT2D eigenvalue weighted by molar-refractivity contribution is 4.77. The van der Waals surface area contributed by atoms with Gasteiger partial charge in [0, 0.05) is 13.1 Å². The Hall–Kier alpha value is -0.440. The van der Waals surface area contributed by atoms with Gasteiger partial charge in [-0.1, -0.05) is 0 Å². The molecule has 1 aliphatic heterocycles. The largest absolute Gasteiger partial charge is 0.302 e. The summed E-state index contributed by atoms with van der Waals surface area (Å²) in [6.45, 7) is 2.11. The molecule has 0 aromatic carbocycles. The number of hydrogen-bond acceptors (Lipinski definition) is 3. The molecule has 1 atom stereocenters. The third-order valence-electron chi connectivity index (χ3n) is 2.11. The fraction of sp³-hybridized carbons (Fsp3) is 1.00. The van der Waals surface area contributed by atoms with Crippen LogP contribution in [0, 0.1) is 0 Å². The van der Waals surface area contributed by atoms with E-state index >= 15 is 0 Å². The number of azo groups is 1. The van der Waals surface area contributed by atoms with Crippen LogP contribution in [0.5, 0.6) is 0 Å². The van der Waals surface area contributed by atoms with Crippen LogP contribution in [0.4, 0.5) is 0 Å². The maximum atomic E-state index is 3.99. The predicted octanol–water partition coefficient (Wildman–Crippen LogP) is 1.16. The molecular weight excluding hydrogens is 126 g/mol. The van der Waals surface area contributed by atoms with E-state index in [9.17, 15) is 0 Å². The van der Waals surface area contributed by atoms with Crippen LogP contribution in [0.2, 0.25) is 0 Å². The van der Waals surface area contributed by atoms with Crippen molar-refractivity contribution in [3.05, 3.63) is 0 Å². The fourth-order valence-electron chi connectivity index (χ4n) is 1.39. The number of likely N-dealkylation sites (N-methyl/N-ethyl adjacent to an activating group) is 1. The third-order valence-corrected chi connectivity index (χ3v) is 2.11. The van der Waals surface area contributed by atoms with E-state index in [4.69, 9.17) is 0 Å². The molecular formula is C7H15N3. The minimum Gasteiger partial charge on any atom is -0.302 e. The highest BCUT2D eigenvalue weighted by Crippen LogP contribution is 2.14. The Morgan fingerprint density at radius 2 is 2.40 bits per heavy atom. The molecule has 1 heterocycles. The van der Waals surface area contributed by atoms with Crippen molar-refractivity contribution in [2.75, 3.05) is 27.2 Å². The molecule has 0 amide bonds. The summed E-state index contributed by atoms with van der Waals surface area (Å²) in [6.07, 6.45) is 2.61. The van der Waals surface area contributed by atoms with Crippen molar-refractivity contribution in [3.8, 4) is 0 Å². The summed E-state index contributed by atoms with van der Waals surface area (Å²) in [6, 6.07) is 0.656. The van der Waals surface area contributed by atoms with E-state index in [1.807, 2.05) is 0 Å². The van der Waals surface area contributed by atoms with E-state index in [0.29, 0.717) is 6.04 Å². The van der Waals surface area contributed by atoms with Gasteiger partial charge in [0.2, 0.25) is 0 Å². The van der Waals surface area contributed by atoms with Crippen molar-refractivity contribution in [2.24, 2.45) is 10.2 Å². The second kappa shape index (κ2) is 3.66. The fourth-order valence-corrected chi connectivity index (χ4v) is 1.39. The normalized spacial score (nSPS) is 28.4. The molecule has 0 radical (unpaired) electrons. The predicted molar refractivity (Wildman–Crippen MR) is 41.3 cm³/mol. The summed E-state index contributed by atoms with van der Waals surface area (Å²) in [5.41, 5.74) is 0. The van der Waals surface area contributed by atoms with Crippen LogP contribution in [0.25, 0.3) is 0 Å². The van der Waals surface area contributed by atoms with Crippen molar-refractivity contribution < 1.29 is 0 Å². The lowest BCUT2D eigenvalue weighted by Crippen LogP contribution is -2.27. The Kier molecular flexibility index (Phi) is 2.81. The van der Waals surface area contributed by atoms with Gasteiger partial charge in [-0.3, -0.25) is 0 Å².